The van der Waals surface area contributed by atoms with Gasteiger partial charge < -0.3 is 16.4 Å². The molecule has 0 radical (unpaired) electrons. The zero-order valence-electron chi connectivity index (χ0n) is 10.8. The number of carbonyl (C=O) groups is 2. The van der Waals surface area contributed by atoms with Crippen LogP contribution in [0, 0.1) is 11.8 Å². The first-order valence-corrected chi connectivity index (χ1v) is 6.99. The summed E-state index contributed by atoms with van der Waals surface area (Å²) in [6.07, 6.45) is 5.69. The van der Waals surface area contributed by atoms with Gasteiger partial charge in [-0.25, -0.2) is 0 Å². The van der Waals surface area contributed by atoms with Gasteiger partial charge in [-0.2, -0.15) is 0 Å². The minimum Gasteiger partial charge on any atom is -0.354 e. The predicted octanol–water partition coefficient (Wildman–Crippen LogP) is 0.146. The molecule has 4 N–H and O–H groups in total. The first-order chi connectivity index (χ1) is 8.70. The molecule has 1 saturated heterocycles. The standard InChI is InChI=1S/C13H23N3O2/c14-8-9-3-1-4-10(7-9)12(17)16-11-5-2-6-15-13(11)18/h9-11H,1-8,14H2,(H,15,18)(H,16,17). The molecule has 0 aromatic carbocycles. The quantitative estimate of drug-likeness (QED) is 0.669. The van der Waals surface area contributed by atoms with Crippen LogP contribution in [-0.2, 0) is 9.59 Å². The van der Waals surface area contributed by atoms with E-state index in [4.69, 9.17) is 5.73 Å². The molecule has 0 bridgehead atoms. The Morgan fingerprint density at radius 1 is 1.33 bits per heavy atom. The number of piperidine rings is 1. The lowest BCUT2D eigenvalue weighted by atomic mass is 9.81. The van der Waals surface area contributed by atoms with Gasteiger partial charge in [0.2, 0.25) is 11.8 Å². The molecule has 0 aromatic heterocycles. The van der Waals surface area contributed by atoms with Crippen LogP contribution in [0.15, 0.2) is 0 Å². The number of nitrogens with one attached hydrogen (secondary N) is 2. The summed E-state index contributed by atoms with van der Waals surface area (Å²) in [4.78, 5) is 23.7. The van der Waals surface area contributed by atoms with Gasteiger partial charge in [0, 0.05) is 12.5 Å². The predicted molar refractivity (Wildman–Crippen MR) is 68.7 cm³/mol. The van der Waals surface area contributed by atoms with Crippen LogP contribution in [-0.4, -0.2) is 30.9 Å². The van der Waals surface area contributed by atoms with Gasteiger partial charge in [0.1, 0.15) is 6.04 Å². The van der Waals surface area contributed by atoms with E-state index < -0.39 is 0 Å². The Bertz CT molecular complexity index is 319. The van der Waals surface area contributed by atoms with E-state index in [1.165, 1.54) is 0 Å². The summed E-state index contributed by atoms with van der Waals surface area (Å²) in [7, 11) is 0. The zero-order chi connectivity index (χ0) is 13.0. The maximum absolute atomic E-state index is 12.1. The third kappa shape index (κ3) is 3.22. The molecule has 1 heterocycles. The molecule has 2 aliphatic rings. The highest BCUT2D eigenvalue weighted by Gasteiger charge is 2.30. The van der Waals surface area contributed by atoms with Gasteiger partial charge in [-0.15, -0.1) is 0 Å². The third-order valence-electron chi connectivity index (χ3n) is 4.09. The topological polar surface area (TPSA) is 84.2 Å². The van der Waals surface area contributed by atoms with Gasteiger partial charge in [0.05, 0.1) is 0 Å². The molecule has 3 unspecified atom stereocenters. The largest absolute Gasteiger partial charge is 0.354 e. The molecule has 1 saturated carbocycles. The summed E-state index contributed by atoms with van der Waals surface area (Å²) in [6, 6.07) is -0.329. The van der Waals surface area contributed by atoms with Crippen LogP contribution in [0.25, 0.3) is 0 Å². The van der Waals surface area contributed by atoms with E-state index in [2.05, 4.69) is 10.6 Å². The van der Waals surface area contributed by atoms with Crippen molar-refractivity contribution in [3.05, 3.63) is 0 Å². The Morgan fingerprint density at radius 3 is 2.89 bits per heavy atom. The normalized spacial score (nSPS) is 32.7. The molecule has 0 spiro atoms. The average Bonchev–Trinajstić information content (AvgIpc) is 2.41. The van der Waals surface area contributed by atoms with Gasteiger partial charge in [-0.05, 0) is 44.6 Å². The van der Waals surface area contributed by atoms with Crippen molar-refractivity contribution in [1.29, 1.82) is 0 Å². The van der Waals surface area contributed by atoms with Crippen molar-refractivity contribution >= 4 is 11.8 Å². The summed E-state index contributed by atoms with van der Waals surface area (Å²) in [5, 5.41) is 5.68. The monoisotopic (exact) mass is 253 g/mol. The highest BCUT2D eigenvalue weighted by Crippen LogP contribution is 2.28. The van der Waals surface area contributed by atoms with Crippen molar-refractivity contribution < 1.29 is 9.59 Å². The molecule has 102 valence electrons. The number of amides is 2. The van der Waals surface area contributed by atoms with Crippen molar-refractivity contribution in [2.75, 3.05) is 13.1 Å². The van der Waals surface area contributed by atoms with Crippen molar-refractivity contribution in [1.82, 2.24) is 10.6 Å². The fourth-order valence-electron chi connectivity index (χ4n) is 2.94. The van der Waals surface area contributed by atoms with E-state index in [0.29, 0.717) is 12.5 Å². The molecule has 5 nitrogen and oxygen atoms in total. The highest BCUT2D eigenvalue weighted by atomic mass is 16.2. The second-order valence-corrected chi connectivity index (χ2v) is 5.46. The van der Waals surface area contributed by atoms with Gasteiger partial charge in [0.25, 0.3) is 0 Å². The maximum Gasteiger partial charge on any atom is 0.242 e. The summed E-state index contributed by atoms with van der Waals surface area (Å²) in [6.45, 7) is 1.39. The summed E-state index contributed by atoms with van der Waals surface area (Å²) < 4.78 is 0. The smallest absolute Gasteiger partial charge is 0.242 e. The third-order valence-corrected chi connectivity index (χ3v) is 4.09. The Balaban J connectivity index is 1.85. The van der Waals surface area contributed by atoms with Gasteiger partial charge >= 0.3 is 0 Å². The summed E-state index contributed by atoms with van der Waals surface area (Å²) >= 11 is 0. The van der Waals surface area contributed by atoms with Crippen molar-refractivity contribution in [2.24, 2.45) is 17.6 Å². The van der Waals surface area contributed by atoms with Crippen LogP contribution in [0.2, 0.25) is 0 Å². The van der Waals surface area contributed by atoms with Crippen molar-refractivity contribution in [2.45, 2.75) is 44.6 Å². The van der Waals surface area contributed by atoms with E-state index in [9.17, 15) is 9.59 Å². The average molecular weight is 253 g/mol. The molecule has 1 aliphatic carbocycles. The Labute approximate surface area is 108 Å². The molecule has 2 amide bonds. The molecule has 2 fully saturated rings. The fourth-order valence-corrected chi connectivity index (χ4v) is 2.94. The molecule has 18 heavy (non-hydrogen) atoms. The van der Waals surface area contributed by atoms with Crippen molar-refractivity contribution in [3.63, 3.8) is 0 Å². The lowest BCUT2D eigenvalue weighted by Crippen LogP contribution is -2.52. The molecular formula is C13H23N3O2. The van der Waals surface area contributed by atoms with E-state index in [0.717, 1.165) is 45.1 Å². The fraction of sp³-hybridized carbons (Fsp3) is 0.846. The minimum absolute atomic E-state index is 0.0372. The summed E-state index contributed by atoms with van der Waals surface area (Å²) in [5.74, 6) is 0.507. The lowest BCUT2D eigenvalue weighted by Gasteiger charge is -2.30. The minimum atomic E-state index is -0.329. The second kappa shape index (κ2) is 6.18. The second-order valence-electron chi connectivity index (χ2n) is 5.46. The van der Waals surface area contributed by atoms with E-state index >= 15 is 0 Å². The van der Waals surface area contributed by atoms with Crippen LogP contribution in [0.3, 0.4) is 0 Å². The van der Waals surface area contributed by atoms with Crippen LogP contribution < -0.4 is 16.4 Å². The van der Waals surface area contributed by atoms with Gasteiger partial charge in [-0.3, -0.25) is 9.59 Å². The Morgan fingerprint density at radius 2 is 2.17 bits per heavy atom. The molecule has 3 atom stereocenters. The van der Waals surface area contributed by atoms with Gasteiger partial charge in [-0.1, -0.05) is 6.42 Å². The van der Waals surface area contributed by atoms with E-state index in [1.54, 1.807) is 0 Å². The van der Waals surface area contributed by atoms with Crippen LogP contribution >= 0.6 is 0 Å². The number of nitrogens with two attached hydrogens (primary N) is 1. The van der Waals surface area contributed by atoms with Crippen LogP contribution in [0.1, 0.15) is 38.5 Å². The molecule has 1 aliphatic heterocycles. The van der Waals surface area contributed by atoms with Crippen molar-refractivity contribution in [3.8, 4) is 0 Å². The van der Waals surface area contributed by atoms with E-state index in [-0.39, 0.29) is 23.8 Å². The molecular weight excluding hydrogens is 230 g/mol. The molecule has 0 aromatic rings. The highest BCUT2D eigenvalue weighted by molar-refractivity contribution is 5.88. The number of carbonyl (C=O) groups excluding carboxylic acids is 2. The van der Waals surface area contributed by atoms with Crippen LogP contribution in [0.4, 0.5) is 0 Å². The van der Waals surface area contributed by atoms with Crippen LogP contribution in [0.5, 0.6) is 0 Å². The number of hydrogen-bond donors (Lipinski definition) is 3. The first-order valence-electron chi connectivity index (χ1n) is 6.99. The first kappa shape index (κ1) is 13.3. The SMILES string of the molecule is NCC1CCCC(C(=O)NC2CCCNC2=O)C1. The molecule has 2 rings (SSSR count). The van der Waals surface area contributed by atoms with Gasteiger partial charge in [0.15, 0.2) is 0 Å². The maximum atomic E-state index is 12.1. The number of rotatable bonds is 3. The number of hydrogen-bond acceptors (Lipinski definition) is 3. The Kier molecular flexibility index (Phi) is 4.58. The Hall–Kier alpha value is -1.10. The van der Waals surface area contributed by atoms with E-state index in [1.807, 2.05) is 0 Å². The lowest BCUT2D eigenvalue weighted by molar-refractivity contribution is -0.133. The summed E-state index contributed by atoms with van der Waals surface area (Å²) in [5.41, 5.74) is 5.68. The zero-order valence-corrected chi connectivity index (χ0v) is 10.8. The molecule has 5 heteroatoms.